The van der Waals surface area contributed by atoms with Crippen molar-refractivity contribution in [2.24, 2.45) is 5.92 Å². The van der Waals surface area contributed by atoms with Crippen molar-refractivity contribution in [2.45, 2.75) is 25.7 Å². The summed E-state index contributed by atoms with van der Waals surface area (Å²) in [6.45, 7) is 1.96. The van der Waals surface area contributed by atoms with Gasteiger partial charge in [0.2, 0.25) is 0 Å². The zero-order chi connectivity index (χ0) is 16.9. The smallest absolute Gasteiger partial charge is 0.308 e. The SMILES string of the molecule is COC(=O)C(C)C(CCc1ccccc1)c1c[nH]c2ccccc12. The molecule has 1 N–H and O–H groups in total. The van der Waals surface area contributed by atoms with E-state index in [4.69, 9.17) is 4.74 Å². The van der Waals surface area contributed by atoms with Gasteiger partial charge in [-0.15, -0.1) is 0 Å². The lowest BCUT2D eigenvalue weighted by Gasteiger charge is -2.22. The Bertz CT molecular complexity index is 807. The summed E-state index contributed by atoms with van der Waals surface area (Å²) in [7, 11) is 1.46. The Balaban J connectivity index is 1.91. The maximum atomic E-state index is 12.2. The van der Waals surface area contributed by atoms with E-state index in [-0.39, 0.29) is 17.8 Å². The average molecular weight is 321 g/mol. The van der Waals surface area contributed by atoms with Crippen molar-refractivity contribution in [3.05, 3.63) is 71.9 Å². The van der Waals surface area contributed by atoms with Gasteiger partial charge in [-0.3, -0.25) is 4.79 Å². The summed E-state index contributed by atoms with van der Waals surface area (Å²) >= 11 is 0. The van der Waals surface area contributed by atoms with E-state index in [9.17, 15) is 4.79 Å². The molecule has 3 nitrogen and oxygen atoms in total. The second-order valence-electron chi connectivity index (χ2n) is 6.23. The van der Waals surface area contributed by atoms with E-state index in [1.54, 1.807) is 0 Å². The third-order valence-corrected chi connectivity index (χ3v) is 4.78. The van der Waals surface area contributed by atoms with Crippen LogP contribution in [0.3, 0.4) is 0 Å². The molecule has 0 amide bonds. The van der Waals surface area contributed by atoms with Crippen LogP contribution < -0.4 is 0 Å². The van der Waals surface area contributed by atoms with Crippen molar-refractivity contribution in [1.82, 2.24) is 4.98 Å². The van der Waals surface area contributed by atoms with Gasteiger partial charge in [-0.1, -0.05) is 55.5 Å². The maximum absolute atomic E-state index is 12.2. The maximum Gasteiger partial charge on any atom is 0.308 e. The molecule has 0 fully saturated rings. The lowest BCUT2D eigenvalue weighted by atomic mass is 9.82. The Morgan fingerprint density at radius 2 is 1.79 bits per heavy atom. The fraction of sp³-hybridized carbons (Fsp3) is 0.286. The summed E-state index contributed by atoms with van der Waals surface area (Å²) in [4.78, 5) is 15.5. The van der Waals surface area contributed by atoms with Gasteiger partial charge >= 0.3 is 5.97 Å². The minimum absolute atomic E-state index is 0.119. The van der Waals surface area contributed by atoms with Crippen LogP contribution in [0.25, 0.3) is 10.9 Å². The molecule has 0 radical (unpaired) electrons. The summed E-state index contributed by atoms with van der Waals surface area (Å²) in [6.07, 6.45) is 3.88. The number of carbonyl (C=O) groups excluding carboxylic acids is 1. The first kappa shape index (κ1) is 16.3. The van der Waals surface area contributed by atoms with E-state index in [2.05, 4.69) is 41.4 Å². The van der Waals surface area contributed by atoms with E-state index in [0.29, 0.717) is 0 Å². The molecule has 2 aromatic carbocycles. The van der Waals surface area contributed by atoms with Gasteiger partial charge in [-0.05, 0) is 36.0 Å². The Hall–Kier alpha value is -2.55. The predicted octanol–water partition coefficient (Wildman–Crippen LogP) is 4.69. The molecule has 2 unspecified atom stereocenters. The Morgan fingerprint density at radius 3 is 2.54 bits per heavy atom. The number of H-pyrrole nitrogens is 1. The summed E-state index contributed by atoms with van der Waals surface area (Å²) in [5.41, 5.74) is 3.59. The number of hydrogen-bond donors (Lipinski definition) is 1. The Kier molecular flexibility index (Phi) is 4.99. The van der Waals surface area contributed by atoms with E-state index in [1.165, 1.54) is 23.6 Å². The molecule has 3 aromatic rings. The number of aromatic amines is 1. The summed E-state index contributed by atoms with van der Waals surface area (Å²) in [6, 6.07) is 18.6. The molecule has 0 spiro atoms. The molecule has 0 bridgehead atoms. The molecule has 0 aliphatic rings. The minimum Gasteiger partial charge on any atom is -0.469 e. The zero-order valence-corrected chi connectivity index (χ0v) is 14.2. The van der Waals surface area contributed by atoms with Gasteiger partial charge in [0.15, 0.2) is 0 Å². The molecule has 0 saturated heterocycles. The van der Waals surface area contributed by atoms with E-state index < -0.39 is 0 Å². The summed E-state index contributed by atoms with van der Waals surface area (Å²) in [5.74, 6) is -0.218. The number of aryl methyl sites for hydroxylation is 1. The van der Waals surface area contributed by atoms with Gasteiger partial charge in [0.05, 0.1) is 13.0 Å². The monoisotopic (exact) mass is 321 g/mol. The van der Waals surface area contributed by atoms with E-state index in [0.717, 1.165) is 18.4 Å². The first-order valence-electron chi connectivity index (χ1n) is 8.38. The standard InChI is InChI=1S/C21H23NO2/c1-15(21(23)24-2)17(13-12-16-8-4-3-5-9-16)19-14-22-20-11-7-6-10-18(19)20/h3-11,14-15,17,22H,12-13H2,1-2H3. The van der Waals surface area contributed by atoms with Crippen molar-refractivity contribution in [3.63, 3.8) is 0 Å². The largest absolute Gasteiger partial charge is 0.469 e. The number of aromatic nitrogens is 1. The van der Waals surface area contributed by atoms with Crippen LogP contribution in [0.4, 0.5) is 0 Å². The first-order valence-corrected chi connectivity index (χ1v) is 8.38. The fourth-order valence-corrected chi connectivity index (χ4v) is 3.39. The Morgan fingerprint density at radius 1 is 1.08 bits per heavy atom. The van der Waals surface area contributed by atoms with Crippen LogP contribution in [0.15, 0.2) is 60.8 Å². The molecule has 124 valence electrons. The van der Waals surface area contributed by atoms with Gasteiger partial charge in [0, 0.05) is 17.1 Å². The third-order valence-electron chi connectivity index (χ3n) is 4.78. The van der Waals surface area contributed by atoms with Gasteiger partial charge in [0.25, 0.3) is 0 Å². The highest BCUT2D eigenvalue weighted by molar-refractivity contribution is 5.84. The molecule has 1 heterocycles. The van der Waals surface area contributed by atoms with Crippen molar-refractivity contribution in [3.8, 4) is 0 Å². The van der Waals surface area contributed by atoms with Crippen LogP contribution in [0, 0.1) is 5.92 Å². The molecule has 3 rings (SSSR count). The molecular weight excluding hydrogens is 298 g/mol. The van der Waals surface area contributed by atoms with Gasteiger partial charge in [-0.2, -0.15) is 0 Å². The highest BCUT2D eigenvalue weighted by Crippen LogP contribution is 2.35. The second kappa shape index (κ2) is 7.35. The number of hydrogen-bond acceptors (Lipinski definition) is 2. The molecule has 0 aliphatic heterocycles. The lowest BCUT2D eigenvalue weighted by molar-refractivity contribution is -0.145. The molecule has 24 heavy (non-hydrogen) atoms. The van der Waals surface area contributed by atoms with Gasteiger partial charge in [-0.25, -0.2) is 0 Å². The summed E-state index contributed by atoms with van der Waals surface area (Å²) < 4.78 is 5.01. The van der Waals surface area contributed by atoms with Gasteiger partial charge < -0.3 is 9.72 Å². The average Bonchev–Trinajstić information content (AvgIpc) is 3.06. The highest BCUT2D eigenvalue weighted by Gasteiger charge is 2.28. The van der Waals surface area contributed by atoms with Crippen LogP contribution >= 0.6 is 0 Å². The number of methoxy groups -OCH3 is 1. The van der Waals surface area contributed by atoms with Crippen molar-refractivity contribution < 1.29 is 9.53 Å². The van der Waals surface area contributed by atoms with E-state index in [1.807, 2.05) is 31.3 Å². The summed E-state index contributed by atoms with van der Waals surface area (Å²) in [5, 5.41) is 1.19. The number of nitrogens with one attached hydrogen (secondary N) is 1. The van der Waals surface area contributed by atoms with Crippen LogP contribution in [0.5, 0.6) is 0 Å². The van der Waals surface area contributed by atoms with Crippen molar-refractivity contribution in [2.75, 3.05) is 7.11 Å². The van der Waals surface area contributed by atoms with Crippen molar-refractivity contribution in [1.29, 1.82) is 0 Å². The number of benzene rings is 2. The van der Waals surface area contributed by atoms with Crippen LogP contribution in [-0.2, 0) is 16.0 Å². The first-order chi connectivity index (χ1) is 11.7. The predicted molar refractivity (Wildman–Crippen MR) is 97.0 cm³/mol. The van der Waals surface area contributed by atoms with Crippen LogP contribution in [0.2, 0.25) is 0 Å². The molecule has 3 heteroatoms. The lowest BCUT2D eigenvalue weighted by Crippen LogP contribution is -2.21. The quantitative estimate of drug-likeness (QED) is 0.669. The number of fused-ring (bicyclic) bond motifs is 1. The van der Waals surface area contributed by atoms with Gasteiger partial charge in [0.1, 0.15) is 0 Å². The third kappa shape index (κ3) is 3.35. The highest BCUT2D eigenvalue weighted by atomic mass is 16.5. The molecule has 1 aromatic heterocycles. The normalized spacial score (nSPS) is 13.6. The number of carbonyl (C=O) groups is 1. The molecule has 0 saturated carbocycles. The molecular formula is C21H23NO2. The molecule has 2 atom stereocenters. The minimum atomic E-state index is -0.182. The van der Waals surface area contributed by atoms with Crippen molar-refractivity contribution >= 4 is 16.9 Å². The Labute approximate surface area is 142 Å². The number of ether oxygens (including phenoxy) is 1. The number of esters is 1. The topological polar surface area (TPSA) is 42.1 Å². The molecule has 0 aliphatic carbocycles. The van der Waals surface area contributed by atoms with E-state index >= 15 is 0 Å². The van der Waals surface area contributed by atoms with Crippen LogP contribution in [-0.4, -0.2) is 18.1 Å². The van der Waals surface area contributed by atoms with Crippen LogP contribution in [0.1, 0.15) is 30.4 Å². The number of para-hydroxylation sites is 1. The fourth-order valence-electron chi connectivity index (χ4n) is 3.39. The zero-order valence-electron chi connectivity index (χ0n) is 14.2. The number of rotatable bonds is 6. The second-order valence-corrected chi connectivity index (χ2v) is 6.23.